The Balaban J connectivity index is 2.21. The van der Waals surface area contributed by atoms with Gasteiger partial charge < -0.3 is 0 Å². The summed E-state index contributed by atoms with van der Waals surface area (Å²) >= 11 is 11.9. The number of hydrogen-bond donors (Lipinski definition) is 0. The van der Waals surface area contributed by atoms with Crippen molar-refractivity contribution >= 4 is 46.4 Å². The maximum Gasteiger partial charge on any atom is 0.283 e. The first-order valence-corrected chi connectivity index (χ1v) is 6.78. The van der Waals surface area contributed by atoms with Crippen LogP contribution in [0.5, 0.6) is 0 Å². The third kappa shape index (κ3) is 2.04. The highest BCUT2D eigenvalue weighted by Gasteiger charge is 2.42. The molecule has 2 aromatic rings. The van der Waals surface area contributed by atoms with Crippen LogP contribution in [0.4, 0.5) is 11.4 Å². The van der Waals surface area contributed by atoms with Gasteiger partial charge in [0.25, 0.3) is 17.5 Å². The fraction of sp³-hybridized carbons (Fsp3) is 0. The maximum atomic E-state index is 12.5. The van der Waals surface area contributed by atoms with Crippen molar-refractivity contribution in [3.8, 4) is 0 Å². The number of benzene rings is 2. The van der Waals surface area contributed by atoms with Gasteiger partial charge in [-0.3, -0.25) is 19.7 Å². The normalized spacial score (nSPS) is 13.5. The fourth-order valence-electron chi connectivity index (χ4n) is 2.30. The molecule has 0 spiro atoms. The molecule has 0 bridgehead atoms. The van der Waals surface area contributed by atoms with Gasteiger partial charge in [0.2, 0.25) is 0 Å². The second-order valence-electron chi connectivity index (χ2n) is 4.50. The Morgan fingerprint density at radius 1 is 1.05 bits per heavy atom. The van der Waals surface area contributed by atoms with E-state index < -0.39 is 22.4 Å². The molecule has 2 aromatic carbocycles. The highest BCUT2D eigenvalue weighted by Crippen LogP contribution is 2.37. The van der Waals surface area contributed by atoms with Crippen LogP contribution in [0.2, 0.25) is 10.0 Å². The summed E-state index contributed by atoms with van der Waals surface area (Å²) in [6.45, 7) is 0. The first-order valence-electron chi connectivity index (χ1n) is 6.03. The van der Waals surface area contributed by atoms with Crippen molar-refractivity contribution < 1.29 is 14.5 Å². The fourth-order valence-corrected chi connectivity index (χ4v) is 2.66. The number of hydrogen-bond acceptors (Lipinski definition) is 4. The van der Waals surface area contributed by atoms with E-state index in [9.17, 15) is 19.7 Å². The molecule has 1 aliphatic rings. The largest absolute Gasteiger partial charge is 0.283 e. The van der Waals surface area contributed by atoms with E-state index in [4.69, 9.17) is 23.2 Å². The zero-order valence-electron chi connectivity index (χ0n) is 10.7. The van der Waals surface area contributed by atoms with Crippen molar-refractivity contribution in [2.45, 2.75) is 0 Å². The van der Waals surface area contributed by atoms with E-state index in [0.717, 1.165) is 4.90 Å². The summed E-state index contributed by atoms with van der Waals surface area (Å²) in [5.41, 5.74) is -0.602. The van der Waals surface area contributed by atoms with E-state index >= 15 is 0 Å². The van der Waals surface area contributed by atoms with Gasteiger partial charge in [-0.2, -0.15) is 0 Å². The Hall–Kier alpha value is -2.44. The number of anilines is 1. The summed E-state index contributed by atoms with van der Waals surface area (Å²) < 4.78 is 0. The predicted octanol–water partition coefficient (Wildman–Crippen LogP) is 3.70. The molecule has 0 atom stereocenters. The Morgan fingerprint density at radius 2 is 1.77 bits per heavy atom. The predicted molar refractivity (Wildman–Crippen MR) is 80.7 cm³/mol. The number of halogens is 2. The number of amides is 2. The lowest BCUT2D eigenvalue weighted by molar-refractivity contribution is -0.385. The average molecular weight is 337 g/mol. The van der Waals surface area contributed by atoms with E-state index in [1.165, 1.54) is 36.4 Å². The van der Waals surface area contributed by atoms with E-state index in [1.807, 2.05) is 0 Å². The van der Waals surface area contributed by atoms with E-state index in [2.05, 4.69) is 0 Å². The summed E-state index contributed by atoms with van der Waals surface area (Å²) in [6, 6.07) is 8.20. The molecule has 110 valence electrons. The van der Waals surface area contributed by atoms with E-state index in [-0.39, 0.29) is 26.9 Å². The Labute approximate surface area is 134 Å². The van der Waals surface area contributed by atoms with Crippen molar-refractivity contribution in [1.29, 1.82) is 0 Å². The monoisotopic (exact) mass is 336 g/mol. The van der Waals surface area contributed by atoms with Crippen LogP contribution >= 0.6 is 23.2 Å². The zero-order chi connectivity index (χ0) is 16.0. The molecule has 6 nitrogen and oxygen atoms in total. The highest BCUT2D eigenvalue weighted by molar-refractivity contribution is 6.41. The Morgan fingerprint density at radius 3 is 2.45 bits per heavy atom. The minimum atomic E-state index is -0.795. The number of rotatable bonds is 2. The molecule has 0 fully saturated rings. The van der Waals surface area contributed by atoms with Crippen molar-refractivity contribution in [2.75, 3.05) is 4.90 Å². The van der Waals surface area contributed by atoms with E-state index in [0.29, 0.717) is 0 Å². The van der Waals surface area contributed by atoms with Gasteiger partial charge in [-0.1, -0.05) is 29.3 Å². The van der Waals surface area contributed by atoms with E-state index in [1.54, 1.807) is 0 Å². The second kappa shape index (κ2) is 5.08. The minimum absolute atomic E-state index is 0.0322. The molecule has 2 amide bonds. The van der Waals surface area contributed by atoms with Crippen LogP contribution in [0, 0.1) is 10.1 Å². The summed E-state index contributed by atoms with van der Waals surface area (Å²) in [6.07, 6.45) is 0. The molecule has 22 heavy (non-hydrogen) atoms. The number of imide groups is 1. The van der Waals surface area contributed by atoms with Gasteiger partial charge in [-0.15, -0.1) is 0 Å². The molecular weight excluding hydrogens is 331 g/mol. The van der Waals surface area contributed by atoms with Crippen molar-refractivity contribution in [3.05, 3.63) is 67.7 Å². The molecule has 0 aliphatic carbocycles. The average Bonchev–Trinajstić information content (AvgIpc) is 2.74. The first kappa shape index (κ1) is 14.5. The maximum absolute atomic E-state index is 12.5. The van der Waals surface area contributed by atoms with Crippen LogP contribution in [-0.4, -0.2) is 16.7 Å². The molecule has 0 unspecified atom stereocenters. The van der Waals surface area contributed by atoms with Crippen molar-refractivity contribution in [3.63, 3.8) is 0 Å². The molecule has 8 heteroatoms. The quantitative estimate of drug-likeness (QED) is 0.475. The SMILES string of the molecule is O=C1c2cccc([N+](=O)[O-])c2C(=O)N1c1cc(Cl)ccc1Cl. The van der Waals surface area contributed by atoms with Crippen LogP contribution in [0.1, 0.15) is 20.7 Å². The van der Waals surface area contributed by atoms with Crippen molar-refractivity contribution in [2.24, 2.45) is 0 Å². The molecular formula is C14H6Cl2N2O4. The van der Waals surface area contributed by atoms with Gasteiger partial charge in [-0.25, -0.2) is 4.90 Å². The van der Waals surface area contributed by atoms with Gasteiger partial charge in [0.15, 0.2) is 0 Å². The van der Waals surface area contributed by atoms with Gasteiger partial charge in [0.1, 0.15) is 5.56 Å². The van der Waals surface area contributed by atoms with Gasteiger partial charge in [0.05, 0.1) is 21.2 Å². The minimum Gasteiger partial charge on any atom is -0.268 e. The third-order valence-electron chi connectivity index (χ3n) is 3.24. The lowest BCUT2D eigenvalue weighted by Crippen LogP contribution is -2.29. The lowest BCUT2D eigenvalue weighted by Gasteiger charge is -2.15. The molecule has 1 aliphatic heterocycles. The molecule has 0 N–H and O–H groups in total. The van der Waals surface area contributed by atoms with Gasteiger partial charge >= 0.3 is 0 Å². The Bertz CT molecular complexity index is 851. The second-order valence-corrected chi connectivity index (χ2v) is 5.34. The molecule has 0 saturated heterocycles. The molecule has 1 heterocycles. The smallest absolute Gasteiger partial charge is 0.268 e. The topological polar surface area (TPSA) is 80.5 Å². The standard InChI is InChI=1S/C14H6Cl2N2O4/c15-7-4-5-9(16)11(6-7)17-13(19)8-2-1-3-10(18(21)22)12(8)14(17)20/h1-6H. The van der Waals surface area contributed by atoms with Crippen LogP contribution in [0.3, 0.4) is 0 Å². The summed E-state index contributed by atoms with van der Waals surface area (Å²) in [5.74, 6) is -1.47. The molecule has 0 aromatic heterocycles. The summed E-state index contributed by atoms with van der Waals surface area (Å²) in [5, 5.41) is 11.5. The number of nitro benzene ring substituents is 1. The van der Waals surface area contributed by atoms with Gasteiger partial charge in [-0.05, 0) is 24.3 Å². The van der Waals surface area contributed by atoms with Crippen LogP contribution in [0.25, 0.3) is 0 Å². The number of nitrogens with zero attached hydrogens (tertiary/aromatic N) is 2. The molecule has 3 rings (SSSR count). The number of carbonyl (C=O) groups excluding carboxylic acids is 2. The highest BCUT2D eigenvalue weighted by atomic mass is 35.5. The van der Waals surface area contributed by atoms with Crippen LogP contribution < -0.4 is 4.90 Å². The Kier molecular flexibility index (Phi) is 3.35. The number of nitro groups is 1. The number of fused-ring (bicyclic) bond motifs is 1. The number of carbonyl (C=O) groups is 2. The first-order chi connectivity index (χ1) is 10.4. The summed E-state index contributed by atoms with van der Waals surface area (Å²) in [7, 11) is 0. The van der Waals surface area contributed by atoms with Crippen LogP contribution in [0.15, 0.2) is 36.4 Å². The molecule has 0 radical (unpaired) electrons. The third-order valence-corrected chi connectivity index (χ3v) is 3.79. The zero-order valence-corrected chi connectivity index (χ0v) is 12.3. The van der Waals surface area contributed by atoms with Crippen LogP contribution in [-0.2, 0) is 0 Å². The van der Waals surface area contributed by atoms with Crippen molar-refractivity contribution in [1.82, 2.24) is 0 Å². The van der Waals surface area contributed by atoms with Gasteiger partial charge in [0, 0.05) is 11.1 Å². The lowest BCUT2D eigenvalue weighted by atomic mass is 10.1. The summed E-state index contributed by atoms with van der Waals surface area (Å²) in [4.78, 5) is 36.1. The molecule has 0 saturated carbocycles.